The highest BCUT2D eigenvalue weighted by Gasteiger charge is 2.49. The summed E-state index contributed by atoms with van der Waals surface area (Å²) in [4.78, 5) is 14.8. The van der Waals surface area contributed by atoms with Crippen LogP contribution in [0.3, 0.4) is 0 Å². The first-order valence-electron chi connectivity index (χ1n) is 10.2. The van der Waals surface area contributed by atoms with Crippen LogP contribution in [0.15, 0.2) is 48.5 Å². The van der Waals surface area contributed by atoms with Gasteiger partial charge in [-0.3, -0.25) is 10.1 Å². The molecule has 8 nitrogen and oxygen atoms in total. The van der Waals surface area contributed by atoms with Crippen LogP contribution in [0.2, 0.25) is 0 Å². The van der Waals surface area contributed by atoms with E-state index >= 15 is 0 Å². The van der Waals surface area contributed by atoms with E-state index in [2.05, 4.69) is 15.9 Å². The SMILES string of the molecule is Nc1cccc(N2CC3(COC3)C2)c1.O=[N+]([O-])c1cccc(N2CC3(COC3)C2)c1. The monoisotopic (exact) mass is 410 g/mol. The second-order valence-corrected chi connectivity index (χ2v) is 9.07. The van der Waals surface area contributed by atoms with Crippen molar-refractivity contribution in [3.05, 3.63) is 58.6 Å². The molecule has 2 aromatic carbocycles. The number of nitrogen functional groups attached to an aromatic ring is 1. The van der Waals surface area contributed by atoms with Crippen LogP contribution >= 0.6 is 0 Å². The molecule has 0 amide bonds. The van der Waals surface area contributed by atoms with Crippen molar-refractivity contribution in [2.75, 3.05) is 68.1 Å². The zero-order valence-corrected chi connectivity index (χ0v) is 16.8. The number of nitro groups is 1. The van der Waals surface area contributed by atoms with Crippen LogP contribution in [-0.4, -0.2) is 57.5 Å². The lowest BCUT2D eigenvalue weighted by atomic mass is 9.78. The van der Waals surface area contributed by atoms with Gasteiger partial charge < -0.3 is 25.0 Å². The van der Waals surface area contributed by atoms with E-state index in [4.69, 9.17) is 15.2 Å². The first-order valence-corrected chi connectivity index (χ1v) is 10.2. The number of benzene rings is 2. The molecule has 158 valence electrons. The molecule has 2 spiro atoms. The Hall–Kier alpha value is -2.84. The minimum Gasteiger partial charge on any atom is -0.399 e. The predicted octanol–water partition coefficient (Wildman–Crippen LogP) is 2.54. The third kappa shape index (κ3) is 3.46. The van der Waals surface area contributed by atoms with E-state index in [1.54, 1.807) is 12.1 Å². The van der Waals surface area contributed by atoms with Gasteiger partial charge in [-0.2, -0.15) is 0 Å². The highest BCUT2D eigenvalue weighted by molar-refractivity contribution is 5.58. The van der Waals surface area contributed by atoms with E-state index in [0.29, 0.717) is 10.8 Å². The third-order valence-corrected chi connectivity index (χ3v) is 6.38. The maximum Gasteiger partial charge on any atom is 0.271 e. The number of nitrogens with zero attached hydrogens (tertiary/aromatic N) is 3. The third-order valence-electron chi connectivity index (χ3n) is 6.38. The lowest BCUT2D eigenvalue weighted by Crippen LogP contribution is -2.66. The first kappa shape index (κ1) is 19.1. The van der Waals surface area contributed by atoms with E-state index in [1.165, 1.54) is 11.8 Å². The number of nitro benzene ring substituents is 1. The van der Waals surface area contributed by atoms with E-state index in [9.17, 15) is 10.1 Å². The molecule has 0 aliphatic carbocycles. The van der Waals surface area contributed by atoms with Crippen molar-refractivity contribution >= 4 is 22.7 Å². The number of nitrogens with two attached hydrogens (primary N) is 1. The van der Waals surface area contributed by atoms with Gasteiger partial charge in [-0.15, -0.1) is 0 Å². The number of hydrogen-bond donors (Lipinski definition) is 1. The average Bonchev–Trinajstić information content (AvgIpc) is 2.58. The lowest BCUT2D eigenvalue weighted by Gasteiger charge is -2.56. The zero-order valence-electron chi connectivity index (χ0n) is 16.8. The Morgan fingerprint density at radius 1 is 0.833 bits per heavy atom. The molecule has 30 heavy (non-hydrogen) atoms. The van der Waals surface area contributed by atoms with Crippen molar-refractivity contribution in [1.29, 1.82) is 0 Å². The summed E-state index contributed by atoms with van der Waals surface area (Å²) in [7, 11) is 0. The summed E-state index contributed by atoms with van der Waals surface area (Å²) in [5, 5.41) is 10.6. The summed E-state index contributed by atoms with van der Waals surface area (Å²) in [5.41, 5.74) is 9.72. The minimum atomic E-state index is -0.356. The maximum absolute atomic E-state index is 10.6. The van der Waals surface area contributed by atoms with Gasteiger partial charge in [0.1, 0.15) is 0 Å². The smallest absolute Gasteiger partial charge is 0.271 e. The van der Waals surface area contributed by atoms with Gasteiger partial charge in [-0.05, 0) is 24.3 Å². The summed E-state index contributed by atoms with van der Waals surface area (Å²) >= 11 is 0. The van der Waals surface area contributed by atoms with Gasteiger partial charge in [0.2, 0.25) is 0 Å². The van der Waals surface area contributed by atoms with E-state index in [-0.39, 0.29) is 10.6 Å². The molecule has 4 fully saturated rings. The molecule has 0 saturated carbocycles. The lowest BCUT2D eigenvalue weighted by molar-refractivity contribution is -0.384. The second kappa shape index (κ2) is 7.14. The van der Waals surface area contributed by atoms with Crippen molar-refractivity contribution in [3.63, 3.8) is 0 Å². The average molecular weight is 410 g/mol. The van der Waals surface area contributed by atoms with Gasteiger partial charge in [0.25, 0.3) is 5.69 Å². The molecule has 0 atom stereocenters. The van der Waals surface area contributed by atoms with E-state index in [0.717, 1.165) is 64.0 Å². The molecule has 4 aliphatic rings. The Morgan fingerprint density at radius 2 is 1.33 bits per heavy atom. The number of rotatable bonds is 3. The summed E-state index contributed by atoms with van der Waals surface area (Å²) in [6.45, 7) is 7.68. The maximum atomic E-state index is 10.6. The molecule has 8 heteroatoms. The molecule has 2 N–H and O–H groups in total. The summed E-state index contributed by atoms with van der Waals surface area (Å²) in [5.74, 6) is 0. The highest BCUT2D eigenvalue weighted by atomic mass is 16.6. The number of ether oxygens (including phenoxy) is 2. The molecular formula is C22H26N4O4. The predicted molar refractivity (Wildman–Crippen MR) is 115 cm³/mol. The van der Waals surface area contributed by atoms with Crippen molar-refractivity contribution in [2.24, 2.45) is 10.8 Å². The van der Waals surface area contributed by atoms with Crippen LogP contribution in [0.25, 0.3) is 0 Å². The Labute approximate surface area is 175 Å². The zero-order chi connectivity index (χ0) is 20.8. The number of non-ortho nitro benzene ring substituents is 1. The molecule has 4 heterocycles. The normalized spacial score (nSPS) is 22.1. The highest BCUT2D eigenvalue weighted by Crippen LogP contribution is 2.41. The summed E-state index contributed by atoms with van der Waals surface area (Å²) in [6.07, 6.45) is 0. The van der Waals surface area contributed by atoms with Gasteiger partial charge in [-0.25, -0.2) is 0 Å². The van der Waals surface area contributed by atoms with Gasteiger partial charge in [0, 0.05) is 55.4 Å². The first-order chi connectivity index (χ1) is 14.5. The molecular weight excluding hydrogens is 384 g/mol. The van der Waals surface area contributed by atoms with Crippen LogP contribution in [0, 0.1) is 20.9 Å². The fourth-order valence-corrected chi connectivity index (χ4v) is 4.56. The van der Waals surface area contributed by atoms with Crippen LogP contribution in [0.5, 0.6) is 0 Å². The van der Waals surface area contributed by atoms with Crippen LogP contribution in [0.1, 0.15) is 0 Å². The Morgan fingerprint density at radius 3 is 1.77 bits per heavy atom. The summed E-state index contributed by atoms with van der Waals surface area (Å²) < 4.78 is 10.4. The second-order valence-electron chi connectivity index (χ2n) is 9.07. The largest absolute Gasteiger partial charge is 0.399 e. The quantitative estimate of drug-likeness (QED) is 0.472. The van der Waals surface area contributed by atoms with Gasteiger partial charge in [0.05, 0.1) is 42.2 Å². The van der Waals surface area contributed by atoms with Crippen LogP contribution in [0.4, 0.5) is 22.7 Å². The number of hydrogen-bond acceptors (Lipinski definition) is 7. The minimum absolute atomic E-state index is 0.156. The van der Waals surface area contributed by atoms with E-state index in [1.807, 2.05) is 24.3 Å². The van der Waals surface area contributed by atoms with Crippen LogP contribution < -0.4 is 15.5 Å². The fraction of sp³-hybridized carbons (Fsp3) is 0.455. The molecule has 0 radical (unpaired) electrons. The number of anilines is 3. The van der Waals surface area contributed by atoms with Crippen molar-refractivity contribution < 1.29 is 14.4 Å². The van der Waals surface area contributed by atoms with Crippen molar-refractivity contribution in [3.8, 4) is 0 Å². The topological polar surface area (TPSA) is 94.1 Å². The molecule has 4 aliphatic heterocycles. The molecule has 4 saturated heterocycles. The van der Waals surface area contributed by atoms with Gasteiger partial charge in [-0.1, -0.05) is 12.1 Å². The molecule has 6 rings (SSSR count). The molecule has 2 aromatic rings. The van der Waals surface area contributed by atoms with Crippen molar-refractivity contribution in [2.45, 2.75) is 0 Å². The Balaban J connectivity index is 0.000000130. The molecule has 0 aromatic heterocycles. The fourth-order valence-electron chi connectivity index (χ4n) is 4.56. The van der Waals surface area contributed by atoms with Gasteiger partial charge >= 0.3 is 0 Å². The Bertz CT molecular complexity index is 942. The molecule has 0 bridgehead atoms. The van der Waals surface area contributed by atoms with E-state index < -0.39 is 0 Å². The Kier molecular flexibility index (Phi) is 4.56. The standard InChI is InChI=1S/C11H12N2O3.C11H14N2O/c14-13(15)10-3-1-2-9(4-10)12-5-11(6-12)7-16-8-11;12-9-2-1-3-10(4-9)13-5-11(6-13)7-14-8-11/h1-4H,5-8H2;1-4H,5-8,12H2. The molecule has 0 unspecified atom stereocenters. The van der Waals surface area contributed by atoms with Crippen molar-refractivity contribution in [1.82, 2.24) is 0 Å². The van der Waals surface area contributed by atoms with Gasteiger partial charge in [0.15, 0.2) is 0 Å². The summed E-state index contributed by atoms with van der Waals surface area (Å²) in [6, 6.07) is 14.9. The van der Waals surface area contributed by atoms with Crippen LogP contribution in [-0.2, 0) is 9.47 Å².